The molecule has 0 unspecified atom stereocenters. The van der Waals surface area contributed by atoms with Gasteiger partial charge in [0.2, 0.25) is 5.91 Å². The molecule has 0 spiro atoms. The predicted octanol–water partition coefficient (Wildman–Crippen LogP) is 2.54. The van der Waals surface area contributed by atoms with Gasteiger partial charge in [0, 0.05) is 13.1 Å². The number of benzene rings is 1. The Morgan fingerprint density at radius 2 is 1.79 bits per heavy atom. The number of hydrogen-bond donors (Lipinski definition) is 1. The van der Waals surface area contributed by atoms with Crippen molar-refractivity contribution in [1.29, 1.82) is 0 Å². The molecule has 2 aliphatic rings. The SMILES string of the molecule is COc1ccc(C(C)(C)C(=O)N2C[C@H](C(=O)O)[C@@H](C3CC3)C2)cc1. The molecule has 5 nitrogen and oxygen atoms in total. The Morgan fingerprint density at radius 3 is 2.29 bits per heavy atom. The van der Waals surface area contributed by atoms with Gasteiger partial charge in [-0.25, -0.2) is 0 Å². The number of nitrogens with zero attached hydrogens (tertiary/aromatic N) is 1. The molecule has 1 heterocycles. The number of carbonyl (C=O) groups excluding carboxylic acids is 1. The van der Waals surface area contributed by atoms with Crippen LogP contribution in [0.1, 0.15) is 32.3 Å². The van der Waals surface area contributed by atoms with E-state index in [1.807, 2.05) is 38.1 Å². The first kappa shape index (κ1) is 16.8. The van der Waals surface area contributed by atoms with Crippen LogP contribution in [0.4, 0.5) is 0 Å². The smallest absolute Gasteiger partial charge is 0.308 e. The topological polar surface area (TPSA) is 66.8 Å². The van der Waals surface area contributed by atoms with E-state index in [9.17, 15) is 14.7 Å². The molecule has 1 aliphatic carbocycles. The van der Waals surface area contributed by atoms with Crippen molar-refractivity contribution >= 4 is 11.9 Å². The van der Waals surface area contributed by atoms with E-state index in [1.54, 1.807) is 12.0 Å². The summed E-state index contributed by atoms with van der Waals surface area (Å²) in [5, 5.41) is 9.49. The molecular weight excluding hydrogens is 306 g/mol. The van der Waals surface area contributed by atoms with E-state index >= 15 is 0 Å². The molecule has 1 saturated carbocycles. The quantitative estimate of drug-likeness (QED) is 0.900. The Bertz CT molecular complexity index is 633. The third kappa shape index (κ3) is 2.99. The number of rotatable bonds is 5. The lowest BCUT2D eigenvalue weighted by Gasteiger charge is -2.30. The molecular formula is C19H25NO4. The Kier molecular flexibility index (Phi) is 4.28. The molecule has 2 atom stereocenters. The monoisotopic (exact) mass is 331 g/mol. The van der Waals surface area contributed by atoms with Gasteiger partial charge in [-0.2, -0.15) is 0 Å². The molecule has 130 valence electrons. The second-order valence-corrected chi connectivity index (χ2v) is 7.51. The highest BCUT2D eigenvalue weighted by atomic mass is 16.5. The van der Waals surface area contributed by atoms with E-state index in [4.69, 9.17) is 4.74 Å². The molecule has 0 radical (unpaired) electrons. The summed E-state index contributed by atoms with van der Waals surface area (Å²) in [6.07, 6.45) is 2.19. The van der Waals surface area contributed by atoms with Gasteiger partial charge in [0.15, 0.2) is 0 Å². The van der Waals surface area contributed by atoms with Gasteiger partial charge >= 0.3 is 5.97 Å². The van der Waals surface area contributed by atoms with Crippen LogP contribution in [0.5, 0.6) is 5.75 Å². The fraction of sp³-hybridized carbons (Fsp3) is 0.579. The van der Waals surface area contributed by atoms with Crippen LogP contribution < -0.4 is 4.74 Å². The zero-order valence-electron chi connectivity index (χ0n) is 14.5. The van der Waals surface area contributed by atoms with Crippen LogP contribution in [-0.2, 0) is 15.0 Å². The summed E-state index contributed by atoms with van der Waals surface area (Å²) in [5.41, 5.74) is 0.225. The summed E-state index contributed by atoms with van der Waals surface area (Å²) in [5.74, 6) is 0.147. The van der Waals surface area contributed by atoms with Crippen molar-refractivity contribution in [2.75, 3.05) is 20.2 Å². The number of methoxy groups -OCH3 is 1. The van der Waals surface area contributed by atoms with Crippen LogP contribution in [0.25, 0.3) is 0 Å². The van der Waals surface area contributed by atoms with Gasteiger partial charge in [-0.05, 0) is 56.2 Å². The van der Waals surface area contributed by atoms with Gasteiger partial charge in [-0.1, -0.05) is 12.1 Å². The minimum atomic E-state index is -0.774. The van der Waals surface area contributed by atoms with E-state index < -0.39 is 17.3 Å². The Hall–Kier alpha value is -2.04. The van der Waals surface area contributed by atoms with Crippen LogP contribution in [0.2, 0.25) is 0 Å². The number of hydrogen-bond acceptors (Lipinski definition) is 3. The Balaban J connectivity index is 1.78. The molecule has 1 aromatic rings. The summed E-state index contributed by atoms with van der Waals surface area (Å²) in [7, 11) is 1.61. The molecule has 1 aliphatic heterocycles. The number of ether oxygens (including phenoxy) is 1. The molecule has 0 aromatic heterocycles. The maximum atomic E-state index is 13.1. The summed E-state index contributed by atoms with van der Waals surface area (Å²) >= 11 is 0. The summed E-state index contributed by atoms with van der Waals surface area (Å²) in [4.78, 5) is 26.4. The average molecular weight is 331 g/mol. The zero-order chi connectivity index (χ0) is 17.5. The third-order valence-corrected chi connectivity index (χ3v) is 5.54. The molecule has 3 rings (SSSR count). The van der Waals surface area contributed by atoms with E-state index in [0.29, 0.717) is 19.0 Å². The molecule has 2 fully saturated rings. The molecule has 1 saturated heterocycles. The van der Waals surface area contributed by atoms with E-state index in [0.717, 1.165) is 24.2 Å². The van der Waals surface area contributed by atoms with Crippen molar-refractivity contribution in [2.24, 2.45) is 17.8 Å². The standard InChI is InChI=1S/C19H25NO4/c1-19(2,13-6-8-14(24-3)9-7-13)18(23)20-10-15(12-4-5-12)16(11-20)17(21)22/h6-9,12,15-16H,4-5,10-11H2,1-3H3,(H,21,22)/t15-,16+/m1/s1. The molecule has 1 N–H and O–H groups in total. The van der Waals surface area contributed by atoms with E-state index in [2.05, 4.69) is 0 Å². The van der Waals surface area contributed by atoms with Gasteiger partial charge in [0.25, 0.3) is 0 Å². The first-order valence-corrected chi connectivity index (χ1v) is 8.51. The van der Waals surface area contributed by atoms with E-state index in [1.165, 1.54) is 0 Å². The van der Waals surface area contributed by atoms with Gasteiger partial charge in [-0.3, -0.25) is 9.59 Å². The number of carboxylic acids is 1. The average Bonchev–Trinajstić information content (AvgIpc) is 3.32. The maximum absolute atomic E-state index is 13.1. The van der Waals surface area contributed by atoms with Crippen molar-refractivity contribution in [3.05, 3.63) is 29.8 Å². The number of carboxylic acid groups (broad SMARTS) is 1. The molecule has 1 amide bonds. The second-order valence-electron chi connectivity index (χ2n) is 7.51. The van der Waals surface area contributed by atoms with Gasteiger partial charge < -0.3 is 14.7 Å². The Morgan fingerprint density at radius 1 is 1.17 bits per heavy atom. The van der Waals surface area contributed by atoms with Crippen LogP contribution in [-0.4, -0.2) is 42.1 Å². The normalized spacial score (nSPS) is 24.0. The highest BCUT2D eigenvalue weighted by Gasteiger charge is 2.48. The molecule has 0 bridgehead atoms. The summed E-state index contributed by atoms with van der Waals surface area (Å²) in [6, 6.07) is 7.50. The zero-order valence-corrected chi connectivity index (χ0v) is 14.5. The fourth-order valence-electron chi connectivity index (χ4n) is 3.78. The fourth-order valence-corrected chi connectivity index (χ4v) is 3.78. The van der Waals surface area contributed by atoms with Crippen molar-refractivity contribution < 1.29 is 19.4 Å². The van der Waals surface area contributed by atoms with Crippen LogP contribution in [0.3, 0.4) is 0 Å². The van der Waals surface area contributed by atoms with Crippen LogP contribution >= 0.6 is 0 Å². The summed E-state index contributed by atoms with van der Waals surface area (Å²) < 4.78 is 5.17. The number of amides is 1. The Labute approximate surface area is 142 Å². The summed E-state index contributed by atoms with van der Waals surface area (Å²) in [6.45, 7) is 4.70. The van der Waals surface area contributed by atoms with Crippen LogP contribution in [0.15, 0.2) is 24.3 Å². The molecule has 1 aromatic carbocycles. The molecule has 5 heteroatoms. The minimum Gasteiger partial charge on any atom is -0.497 e. The van der Waals surface area contributed by atoms with Gasteiger partial charge in [0.05, 0.1) is 18.4 Å². The second kappa shape index (κ2) is 6.11. The maximum Gasteiger partial charge on any atom is 0.308 e. The lowest BCUT2D eigenvalue weighted by Crippen LogP contribution is -2.42. The van der Waals surface area contributed by atoms with Crippen LogP contribution in [0, 0.1) is 17.8 Å². The lowest BCUT2D eigenvalue weighted by molar-refractivity contribution is -0.143. The number of aliphatic carboxylic acids is 1. The molecule has 24 heavy (non-hydrogen) atoms. The van der Waals surface area contributed by atoms with E-state index in [-0.39, 0.29) is 11.8 Å². The van der Waals surface area contributed by atoms with Gasteiger partial charge in [-0.15, -0.1) is 0 Å². The first-order valence-electron chi connectivity index (χ1n) is 8.51. The number of likely N-dealkylation sites (tertiary alicyclic amines) is 1. The predicted molar refractivity (Wildman–Crippen MR) is 89.9 cm³/mol. The largest absolute Gasteiger partial charge is 0.497 e. The van der Waals surface area contributed by atoms with Crippen molar-refractivity contribution in [1.82, 2.24) is 4.90 Å². The van der Waals surface area contributed by atoms with Crippen molar-refractivity contribution in [3.8, 4) is 5.75 Å². The minimum absolute atomic E-state index is 0.00191. The lowest BCUT2D eigenvalue weighted by atomic mass is 9.83. The highest BCUT2D eigenvalue weighted by Crippen LogP contribution is 2.45. The highest BCUT2D eigenvalue weighted by molar-refractivity contribution is 5.88. The third-order valence-electron chi connectivity index (χ3n) is 5.54. The number of carbonyl (C=O) groups is 2. The van der Waals surface area contributed by atoms with Gasteiger partial charge in [0.1, 0.15) is 5.75 Å². The van der Waals surface area contributed by atoms with Crippen molar-refractivity contribution in [2.45, 2.75) is 32.1 Å². The van der Waals surface area contributed by atoms with Crippen molar-refractivity contribution in [3.63, 3.8) is 0 Å². The first-order chi connectivity index (χ1) is 11.3.